The Bertz CT molecular complexity index is 419. The zero-order valence-corrected chi connectivity index (χ0v) is 11.1. The highest BCUT2D eigenvalue weighted by molar-refractivity contribution is 5.58. The van der Waals surface area contributed by atoms with Crippen molar-refractivity contribution in [2.75, 3.05) is 31.5 Å². The summed E-state index contributed by atoms with van der Waals surface area (Å²) in [4.78, 5) is 2.47. The highest BCUT2D eigenvalue weighted by atomic mass is 16.5. The molecule has 1 fully saturated rings. The van der Waals surface area contributed by atoms with Crippen LogP contribution in [0.3, 0.4) is 0 Å². The number of rotatable bonds is 3. The molecule has 0 spiro atoms. The van der Waals surface area contributed by atoms with Gasteiger partial charge in [-0.25, -0.2) is 0 Å². The maximum atomic E-state index is 6.13. The summed E-state index contributed by atoms with van der Waals surface area (Å²) in [6.07, 6.45) is 3.93. The summed E-state index contributed by atoms with van der Waals surface area (Å²) >= 11 is 0. The molecule has 3 heteroatoms. The van der Waals surface area contributed by atoms with E-state index in [0.29, 0.717) is 6.10 Å². The maximum absolute atomic E-state index is 6.13. The smallest absolute Gasteiger partial charge is 0.121 e. The Hall–Kier alpha value is -1.22. The molecule has 0 amide bonds. The van der Waals surface area contributed by atoms with Crippen LogP contribution in [-0.4, -0.2) is 37.2 Å². The fourth-order valence-electron chi connectivity index (χ4n) is 2.93. The second-order valence-electron chi connectivity index (χ2n) is 5.27. The normalized spacial score (nSPS) is 23.5. The highest BCUT2D eigenvalue weighted by Gasteiger charge is 2.20. The Morgan fingerprint density at radius 2 is 2.39 bits per heavy atom. The number of benzene rings is 1. The summed E-state index contributed by atoms with van der Waals surface area (Å²) in [5, 5.41) is 3.41. The van der Waals surface area contributed by atoms with E-state index in [9.17, 15) is 0 Å². The van der Waals surface area contributed by atoms with E-state index in [-0.39, 0.29) is 0 Å². The average Bonchev–Trinajstić information content (AvgIpc) is 2.86. The number of hydrogen-bond acceptors (Lipinski definition) is 3. The van der Waals surface area contributed by atoms with Gasteiger partial charge >= 0.3 is 0 Å². The van der Waals surface area contributed by atoms with E-state index in [1.165, 1.54) is 30.6 Å². The van der Waals surface area contributed by atoms with Gasteiger partial charge in [0, 0.05) is 24.8 Å². The molecule has 98 valence electrons. The zero-order chi connectivity index (χ0) is 12.4. The van der Waals surface area contributed by atoms with Crippen LogP contribution in [0.5, 0.6) is 5.75 Å². The molecule has 2 aliphatic heterocycles. The van der Waals surface area contributed by atoms with E-state index in [2.05, 4.69) is 35.3 Å². The molecule has 2 heterocycles. The molecule has 3 nitrogen and oxygen atoms in total. The van der Waals surface area contributed by atoms with E-state index in [1.54, 1.807) is 0 Å². The van der Waals surface area contributed by atoms with Crippen molar-refractivity contribution in [1.82, 2.24) is 4.90 Å². The second kappa shape index (κ2) is 5.19. The summed E-state index contributed by atoms with van der Waals surface area (Å²) in [5.41, 5.74) is 2.68. The summed E-state index contributed by atoms with van der Waals surface area (Å²) in [6, 6.07) is 6.48. The third kappa shape index (κ3) is 2.46. The molecule has 0 aromatic heterocycles. The van der Waals surface area contributed by atoms with Crippen LogP contribution in [0.1, 0.15) is 25.3 Å². The number of nitrogens with zero attached hydrogens (tertiary/aromatic N) is 1. The van der Waals surface area contributed by atoms with Crippen molar-refractivity contribution in [1.29, 1.82) is 0 Å². The maximum Gasteiger partial charge on any atom is 0.121 e. The predicted octanol–water partition coefficient (Wildman–Crippen LogP) is 2.52. The Morgan fingerprint density at radius 1 is 1.44 bits per heavy atom. The summed E-state index contributed by atoms with van der Waals surface area (Å²) in [5.74, 6) is 1.02. The van der Waals surface area contributed by atoms with E-state index in [4.69, 9.17) is 4.74 Å². The van der Waals surface area contributed by atoms with Gasteiger partial charge in [-0.2, -0.15) is 0 Å². The molecule has 1 N–H and O–H groups in total. The van der Waals surface area contributed by atoms with Gasteiger partial charge in [-0.3, -0.25) is 4.90 Å². The largest absolute Gasteiger partial charge is 0.489 e. The number of anilines is 1. The predicted molar refractivity (Wildman–Crippen MR) is 74.4 cm³/mol. The third-order valence-corrected chi connectivity index (χ3v) is 4.00. The van der Waals surface area contributed by atoms with Crippen LogP contribution < -0.4 is 10.1 Å². The number of piperidine rings is 1. The van der Waals surface area contributed by atoms with Gasteiger partial charge in [-0.05, 0) is 44.0 Å². The van der Waals surface area contributed by atoms with Crippen LogP contribution in [0, 0.1) is 0 Å². The molecule has 0 bridgehead atoms. The third-order valence-electron chi connectivity index (χ3n) is 4.00. The van der Waals surface area contributed by atoms with Gasteiger partial charge in [0.25, 0.3) is 0 Å². The minimum Gasteiger partial charge on any atom is -0.489 e. The Balaban J connectivity index is 1.65. The fourth-order valence-corrected chi connectivity index (χ4v) is 2.93. The molecule has 1 unspecified atom stereocenters. The molecule has 3 rings (SSSR count). The van der Waals surface area contributed by atoms with Crippen LogP contribution in [0.25, 0.3) is 0 Å². The molecule has 1 atom stereocenters. The first kappa shape index (κ1) is 11.8. The van der Waals surface area contributed by atoms with Gasteiger partial charge < -0.3 is 10.1 Å². The van der Waals surface area contributed by atoms with E-state index >= 15 is 0 Å². The van der Waals surface area contributed by atoms with Crippen molar-refractivity contribution < 1.29 is 4.74 Å². The number of likely N-dealkylation sites (tertiary alicyclic amines) is 1. The van der Waals surface area contributed by atoms with Crippen LogP contribution in [0.2, 0.25) is 0 Å². The molecule has 1 aromatic rings. The molecular formula is C15H22N2O. The Kier molecular flexibility index (Phi) is 3.41. The van der Waals surface area contributed by atoms with E-state index in [1.807, 2.05) is 0 Å². The zero-order valence-electron chi connectivity index (χ0n) is 11.1. The minimum atomic E-state index is 0.359. The first-order valence-corrected chi connectivity index (χ1v) is 7.11. The van der Waals surface area contributed by atoms with Crippen LogP contribution in [0.15, 0.2) is 18.2 Å². The van der Waals surface area contributed by atoms with Crippen molar-refractivity contribution in [3.8, 4) is 5.75 Å². The Morgan fingerprint density at radius 3 is 3.28 bits per heavy atom. The van der Waals surface area contributed by atoms with Crippen molar-refractivity contribution in [3.05, 3.63) is 23.8 Å². The number of likely N-dealkylation sites (N-methyl/N-ethyl adjacent to an activating group) is 1. The lowest BCUT2D eigenvalue weighted by Gasteiger charge is -2.32. The van der Waals surface area contributed by atoms with Gasteiger partial charge in [0.05, 0.1) is 0 Å². The molecule has 1 aromatic carbocycles. The number of ether oxygens (including phenoxy) is 1. The molecule has 0 saturated carbocycles. The van der Waals surface area contributed by atoms with E-state index in [0.717, 1.165) is 31.8 Å². The van der Waals surface area contributed by atoms with Crippen LogP contribution in [-0.2, 0) is 6.42 Å². The van der Waals surface area contributed by atoms with Crippen LogP contribution in [0.4, 0.5) is 5.69 Å². The molecule has 18 heavy (non-hydrogen) atoms. The fraction of sp³-hybridized carbons (Fsp3) is 0.600. The highest BCUT2D eigenvalue weighted by Crippen LogP contribution is 2.28. The number of hydrogen-bond donors (Lipinski definition) is 1. The SMILES string of the molecule is CCN1CCCC(Oc2ccc3c(c2)NCC3)C1. The monoisotopic (exact) mass is 246 g/mol. The molecule has 2 aliphatic rings. The van der Waals surface area contributed by atoms with Crippen molar-refractivity contribution in [3.63, 3.8) is 0 Å². The van der Waals surface area contributed by atoms with Crippen molar-refractivity contribution in [2.45, 2.75) is 32.3 Å². The summed E-state index contributed by atoms with van der Waals surface area (Å²) < 4.78 is 6.13. The van der Waals surface area contributed by atoms with E-state index < -0.39 is 0 Å². The lowest BCUT2D eigenvalue weighted by Crippen LogP contribution is -2.40. The standard InChI is InChI=1S/C15H22N2O/c1-2-17-9-3-4-14(11-17)18-13-6-5-12-7-8-16-15(12)10-13/h5-6,10,14,16H,2-4,7-9,11H2,1H3. The minimum absolute atomic E-state index is 0.359. The number of nitrogens with one attached hydrogen (secondary N) is 1. The second-order valence-corrected chi connectivity index (χ2v) is 5.27. The number of fused-ring (bicyclic) bond motifs is 1. The summed E-state index contributed by atoms with van der Waals surface area (Å²) in [7, 11) is 0. The molecule has 0 aliphatic carbocycles. The molecular weight excluding hydrogens is 224 g/mol. The molecule has 1 saturated heterocycles. The van der Waals surface area contributed by atoms with Gasteiger partial charge in [-0.1, -0.05) is 13.0 Å². The quantitative estimate of drug-likeness (QED) is 0.887. The van der Waals surface area contributed by atoms with Crippen molar-refractivity contribution >= 4 is 5.69 Å². The van der Waals surface area contributed by atoms with Gasteiger partial charge in [0.15, 0.2) is 0 Å². The first-order chi connectivity index (χ1) is 8.85. The first-order valence-electron chi connectivity index (χ1n) is 7.11. The Labute approximate surface area is 109 Å². The molecule has 0 radical (unpaired) electrons. The van der Waals surface area contributed by atoms with Gasteiger partial charge in [-0.15, -0.1) is 0 Å². The summed E-state index contributed by atoms with van der Waals surface area (Å²) in [6.45, 7) is 6.71. The average molecular weight is 246 g/mol. The van der Waals surface area contributed by atoms with Gasteiger partial charge in [0.1, 0.15) is 11.9 Å². The lowest BCUT2D eigenvalue weighted by atomic mass is 10.1. The topological polar surface area (TPSA) is 24.5 Å². The van der Waals surface area contributed by atoms with Crippen molar-refractivity contribution in [2.24, 2.45) is 0 Å². The van der Waals surface area contributed by atoms with Gasteiger partial charge in [0.2, 0.25) is 0 Å². The van der Waals surface area contributed by atoms with Crippen LogP contribution >= 0.6 is 0 Å². The lowest BCUT2D eigenvalue weighted by molar-refractivity contribution is 0.0920.